The summed E-state index contributed by atoms with van der Waals surface area (Å²) >= 11 is 0. The van der Waals surface area contributed by atoms with E-state index >= 15 is 0 Å². The van der Waals surface area contributed by atoms with Crippen molar-refractivity contribution in [1.29, 1.82) is 0 Å². The van der Waals surface area contributed by atoms with Gasteiger partial charge in [0.2, 0.25) is 0 Å². The molecule has 1 N–H and O–H groups in total. The summed E-state index contributed by atoms with van der Waals surface area (Å²) < 4.78 is 29.6. The van der Waals surface area contributed by atoms with Gasteiger partial charge in [0, 0.05) is 42.8 Å². The second-order valence-corrected chi connectivity index (χ2v) is 10.7. The van der Waals surface area contributed by atoms with Crippen LogP contribution in [0.4, 0.5) is 11.4 Å². The van der Waals surface area contributed by atoms with Gasteiger partial charge in [-0.05, 0) is 67.3 Å². The van der Waals surface area contributed by atoms with Gasteiger partial charge in [-0.1, -0.05) is 60.7 Å². The molecule has 7 heteroatoms. The van der Waals surface area contributed by atoms with Crippen molar-refractivity contribution in [2.75, 3.05) is 64.8 Å². The normalized spacial score (nSPS) is 13.4. The van der Waals surface area contributed by atoms with Crippen molar-refractivity contribution in [2.24, 2.45) is 0 Å². The second-order valence-electron chi connectivity index (χ2n) is 10.7. The molecule has 7 nitrogen and oxygen atoms in total. The predicted octanol–water partition coefficient (Wildman–Crippen LogP) is 6.86. The highest BCUT2D eigenvalue weighted by atomic mass is 16.6. The fraction of sp³-hybridized carbons (Fsp3) is 0.351. The minimum Gasteiger partial charge on any atom is -0.508 e. The summed E-state index contributed by atoms with van der Waals surface area (Å²) in [5.74, 6) is 1.08. The van der Waals surface area contributed by atoms with Crippen molar-refractivity contribution in [1.82, 2.24) is 0 Å². The molecule has 232 valence electrons. The number of rotatable bonds is 17. The lowest BCUT2D eigenvalue weighted by atomic mass is 9.76. The van der Waals surface area contributed by atoms with Crippen LogP contribution in [0.5, 0.6) is 11.5 Å². The summed E-state index contributed by atoms with van der Waals surface area (Å²) in [7, 11) is 2.11. The molecule has 4 aromatic carbocycles. The number of ether oxygens (including phenoxy) is 5. The van der Waals surface area contributed by atoms with Crippen LogP contribution in [0.25, 0.3) is 0 Å². The topological polar surface area (TPSA) is 69.6 Å². The minimum atomic E-state index is -0.713. The zero-order valence-electron chi connectivity index (χ0n) is 25.7. The second kappa shape index (κ2) is 15.7. The number of phenolic OH excluding ortho intramolecular Hbond substituents is 1. The van der Waals surface area contributed by atoms with Crippen LogP contribution in [0.15, 0.2) is 97.1 Å². The Labute approximate surface area is 260 Å². The molecular weight excluding hydrogens is 554 g/mol. The van der Waals surface area contributed by atoms with Crippen LogP contribution in [0.1, 0.15) is 35.6 Å². The van der Waals surface area contributed by atoms with Gasteiger partial charge in [0.15, 0.2) is 0 Å². The van der Waals surface area contributed by atoms with Gasteiger partial charge in [-0.15, -0.1) is 0 Å². The zero-order chi connectivity index (χ0) is 30.6. The summed E-state index contributed by atoms with van der Waals surface area (Å²) in [6.07, 6.45) is 1.86. The number of aromatic hydroxyl groups is 1. The maximum atomic E-state index is 9.34. The van der Waals surface area contributed by atoms with Crippen molar-refractivity contribution in [3.63, 3.8) is 0 Å². The third kappa shape index (κ3) is 7.42. The number of benzene rings is 4. The van der Waals surface area contributed by atoms with Gasteiger partial charge in [-0.25, -0.2) is 0 Å². The Morgan fingerprint density at radius 2 is 1.18 bits per heavy atom. The first-order valence-electron chi connectivity index (χ1n) is 15.4. The van der Waals surface area contributed by atoms with E-state index in [9.17, 15) is 5.11 Å². The number of para-hydroxylation sites is 2. The highest BCUT2D eigenvalue weighted by molar-refractivity contribution is 5.79. The molecule has 0 saturated heterocycles. The van der Waals surface area contributed by atoms with Crippen LogP contribution in [0.2, 0.25) is 0 Å². The maximum Gasteiger partial charge on any atom is 0.147 e. The van der Waals surface area contributed by atoms with Gasteiger partial charge in [0.1, 0.15) is 23.7 Å². The molecule has 0 saturated carbocycles. The maximum absolute atomic E-state index is 9.34. The van der Waals surface area contributed by atoms with Gasteiger partial charge < -0.3 is 33.7 Å². The standard InChI is InChI=1S/C37H43NO6/c1-3-44-37(33-10-4-6-12-35(33)38(2)36-13-7-5-11-34(36)37)30-16-20-32(21-17-30)43-28-27-42-26-25-41-24-23-40-22-8-9-29-14-18-31(39)19-15-29/h4-7,10-21,39H,3,8-9,22-28H2,1-2H3. The molecule has 4 aromatic rings. The third-order valence-corrected chi connectivity index (χ3v) is 7.84. The van der Waals surface area contributed by atoms with Crippen LogP contribution < -0.4 is 9.64 Å². The number of hydrogen-bond acceptors (Lipinski definition) is 7. The highest BCUT2D eigenvalue weighted by Crippen LogP contribution is 2.52. The molecule has 1 aliphatic heterocycles. The smallest absolute Gasteiger partial charge is 0.147 e. The van der Waals surface area contributed by atoms with Crippen LogP contribution in [-0.4, -0.2) is 65.0 Å². The summed E-state index contributed by atoms with van der Waals surface area (Å²) in [5, 5.41) is 9.34. The average Bonchev–Trinajstić information content (AvgIpc) is 3.06. The predicted molar refractivity (Wildman–Crippen MR) is 173 cm³/mol. The first kappa shape index (κ1) is 31.5. The SMILES string of the molecule is CCOC1(c2ccc(OCCOCCOCCOCCCc3ccc(O)cc3)cc2)c2ccccc2N(C)c2ccccc21. The van der Waals surface area contributed by atoms with E-state index in [1.165, 1.54) is 5.56 Å². The molecule has 0 fully saturated rings. The Balaban J connectivity index is 1.03. The first-order chi connectivity index (χ1) is 21.6. The molecule has 0 atom stereocenters. The molecule has 1 heterocycles. The lowest BCUT2D eigenvalue weighted by Crippen LogP contribution is -2.39. The Kier molecular flexibility index (Phi) is 11.3. The van der Waals surface area contributed by atoms with E-state index in [0.29, 0.717) is 58.6 Å². The number of nitrogens with zero attached hydrogens (tertiary/aromatic N) is 1. The average molecular weight is 598 g/mol. The molecule has 5 rings (SSSR count). The van der Waals surface area contributed by atoms with E-state index in [0.717, 1.165) is 46.7 Å². The Hall–Kier alpha value is -3.88. The largest absolute Gasteiger partial charge is 0.508 e. The van der Waals surface area contributed by atoms with Crippen LogP contribution >= 0.6 is 0 Å². The number of phenols is 1. The van der Waals surface area contributed by atoms with Crippen molar-refractivity contribution < 1.29 is 28.8 Å². The number of hydrogen-bond donors (Lipinski definition) is 1. The van der Waals surface area contributed by atoms with Gasteiger partial charge in [0.25, 0.3) is 0 Å². The highest BCUT2D eigenvalue weighted by Gasteiger charge is 2.44. The lowest BCUT2D eigenvalue weighted by Gasteiger charge is -2.44. The summed E-state index contributed by atoms with van der Waals surface area (Å²) in [4.78, 5) is 2.24. The van der Waals surface area contributed by atoms with Gasteiger partial charge in [0.05, 0.1) is 33.0 Å². The molecular formula is C37H43NO6. The number of aryl methyl sites for hydroxylation is 1. The fourth-order valence-electron chi connectivity index (χ4n) is 5.76. The minimum absolute atomic E-state index is 0.293. The quantitative estimate of drug-likeness (QED) is 0.133. The summed E-state index contributed by atoms with van der Waals surface area (Å²) in [6, 6.07) is 32.5. The van der Waals surface area contributed by atoms with Crippen LogP contribution in [0.3, 0.4) is 0 Å². The first-order valence-corrected chi connectivity index (χ1v) is 15.4. The van der Waals surface area contributed by atoms with Crippen molar-refractivity contribution >= 4 is 11.4 Å². The number of anilines is 2. The fourth-order valence-corrected chi connectivity index (χ4v) is 5.76. The van der Waals surface area contributed by atoms with Crippen molar-refractivity contribution in [3.05, 3.63) is 119 Å². The van der Waals surface area contributed by atoms with E-state index in [2.05, 4.69) is 72.6 Å². The molecule has 0 aromatic heterocycles. The zero-order valence-corrected chi connectivity index (χ0v) is 25.7. The number of fused-ring (bicyclic) bond motifs is 2. The molecule has 0 radical (unpaired) electrons. The third-order valence-electron chi connectivity index (χ3n) is 7.84. The van der Waals surface area contributed by atoms with E-state index in [1.54, 1.807) is 12.1 Å². The molecule has 1 aliphatic rings. The lowest BCUT2D eigenvalue weighted by molar-refractivity contribution is 0.00900. The van der Waals surface area contributed by atoms with Gasteiger partial charge >= 0.3 is 0 Å². The van der Waals surface area contributed by atoms with Crippen LogP contribution in [-0.2, 0) is 31.0 Å². The van der Waals surface area contributed by atoms with E-state index in [1.807, 2.05) is 31.2 Å². The molecule has 0 bridgehead atoms. The van der Waals surface area contributed by atoms with Gasteiger partial charge in [-0.3, -0.25) is 0 Å². The van der Waals surface area contributed by atoms with Crippen LogP contribution in [0, 0.1) is 0 Å². The molecule has 0 spiro atoms. The molecule has 0 amide bonds. The van der Waals surface area contributed by atoms with Crippen molar-refractivity contribution in [2.45, 2.75) is 25.4 Å². The molecule has 0 aliphatic carbocycles. The molecule has 0 unspecified atom stereocenters. The summed E-state index contributed by atoms with van der Waals surface area (Å²) in [6.45, 7) is 6.36. The Bertz CT molecular complexity index is 1390. The monoisotopic (exact) mass is 597 g/mol. The van der Waals surface area contributed by atoms with E-state index in [-0.39, 0.29) is 0 Å². The molecule has 44 heavy (non-hydrogen) atoms. The van der Waals surface area contributed by atoms with Gasteiger partial charge in [-0.2, -0.15) is 0 Å². The van der Waals surface area contributed by atoms with E-state index < -0.39 is 5.60 Å². The van der Waals surface area contributed by atoms with E-state index in [4.69, 9.17) is 23.7 Å². The Morgan fingerprint density at radius 3 is 1.77 bits per heavy atom. The summed E-state index contributed by atoms with van der Waals surface area (Å²) in [5.41, 5.74) is 6.07. The van der Waals surface area contributed by atoms with Crippen molar-refractivity contribution in [3.8, 4) is 11.5 Å². The Morgan fingerprint density at radius 1 is 0.636 bits per heavy atom.